The summed E-state index contributed by atoms with van der Waals surface area (Å²) < 4.78 is 5.97. The fourth-order valence-electron chi connectivity index (χ4n) is 2.49. The zero-order valence-electron chi connectivity index (χ0n) is 12.3. The summed E-state index contributed by atoms with van der Waals surface area (Å²) in [6, 6.07) is 21.1. The van der Waals surface area contributed by atoms with Crippen LogP contribution in [0.4, 0.5) is 0 Å². The van der Waals surface area contributed by atoms with Crippen molar-refractivity contribution in [1.29, 1.82) is 0 Å². The molecular weight excluding hydrogens is 387 g/mol. The number of alkyl halides is 1. The molecule has 2 atom stereocenters. The van der Waals surface area contributed by atoms with Crippen LogP contribution < -0.4 is 5.32 Å². The van der Waals surface area contributed by atoms with Crippen LogP contribution in [0.5, 0.6) is 0 Å². The van der Waals surface area contributed by atoms with Crippen molar-refractivity contribution in [2.45, 2.75) is 16.5 Å². The Bertz CT molecular complexity index is 615. The van der Waals surface area contributed by atoms with E-state index < -0.39 is 0 Å². The molecule has 3 nitrogen and oxygen atoms in total. The minimum absolute atomic E-state index is 0.215. The van der Waals surface area contributed by atoms with Crippen LogP contribution in [0, 0.1) is 0 Å². The normalized spacial score (nSPS) is 20.5. The summed E-state index contributed by atoms with van der Waals surface area (Å²) in [7, 11) is 0. The molecule has 4 heteroatoms. The lowest BCUT2D eigenvalue weighted by molar-refractivity contribution is 0.173. The molecule has 0 amide bonds. The number of aliphatic imine (C=N–C) groups is 1. The van der Waals surface area contributed by atoms with Crippen molar-refractivity contribution in [1.82, 2.24) is 5.32 Å². The molecule has 1 heterocycles. The van der Waals surface area contributed by atoms with Crippen LogP contribution in [0.3, 0.4) is 0 Å². The second kappa shape index (κ2) is 7.74. The van der Waals surface area contributed by atoms with E-state index in [0.717, 1.165) is 12.3 Å². The first-order valence-corrected chi connectivity index (χ1v) is 8.71. The maximum Gasteiger partial charge on any atom is 0.127 e. The van der Waals surface area contributed by atoms with Gasteiger partial charge in [0, 0.05) is 0 Å². The van der Waals surface area contributed by atoms with Gasteiger partial charge in [0.15, 0.2) is 0 Å². The van der Waals surface area contributed by atoms with Gasteiger partial charge in [-0.3, -0.25) is 4.99 Å². The molecule has 1 N–H and O–H groups in total. The zero-order valence-corrected chi connectivity index (χ0v) is 14.4. The number of benzene rings is 2. The largest absolute Gasteiger partial charge is 0.373 e. The molecular formula is C18H19IN2O. The monoisotopic (exact) mass is 406 g/mol. The summed E-state index contributed by atoms with van der Waals surface area (Å²) >= 11 is 2.38. The van der Waals surface area contributed by atoms with Gasteiger partial charge in [0.1, 0.15) is 16.5 Å². The van der Waals surface area contributed by atoms with Gasteiger partial charge >= 0.3 is 0 Å². The molecule has 0 radical (unpaired) electrons. The Morgan fingerprint density at radius 2 is 1.68 bits per heavy atom. The third kappa shape index (κ3) is 4.08. The Morgan fingerprint density at radius 1 is 1.00 bits per heavy atom. The molecule has 0 saturated carbocycles. The third-order valence-electron chi connectivity index (χ3n) is 3.65. The van der Waals surface area contributed by atoms with E-state index in [-0.39, 0.29) is 10.1 Å². The minimum Gasteiger partial charge on any atom is -0.373 e. The van der Waals surface area contributed by atoms with Gasteiger partial charge in [-0.05, 0) is 17.5 Å². The average Bonchev–Trinajstić information content (AvgIpc) is 2.94. The molecule has 0 spiro atoms. The van der Waals surface area contributed by atoms with E-state index in [4.69, 9.17) is 4.74 Å². The lowest BCUT2D eigenvalue weighted by Gasteiger charge is -2.15. The molecule has 22 heavy (non-hydrogen) atoms. The Labute approximate surface area is 144 Å². The minimum atomic E-state index is 0.215. The van der Waals surface area contributed by atoms with Gasteiger partial charge in [-0.2, -0.15) is 0 Å². The molecule has 0 aromatic heterocycles. The zero-order chi connectivity index (χ0) is 15.2. The summed E-state index contributed by atoms with van der Waals surface area (Å²) in [4.78, 5) is 4.66. The van der Waals surface area contributed by atoms with Crippen LogP contribution in [0.2, 0.25) is 0 Å². The van der Waals surface area contributed by atoms with Crippen LogP contribution in [0.15, 0.2) is 65.7 Å². The maximum absolute atomic E-state index is 5.76. The van der Waals surface area contributed by atoms with Crippen molar-refractivity contribution in [3.8, 4) is 0 Å². The number of hydrogen-bond acceptors (Lipinski definition) is 3. The Balaban J connectivity index is 1.45. The van der Waals surface area contributed by atoms with Crippen LogP contribution in [0.1, 0.15) is 17.2 Å². The summed E-state index contributed by atoms with van der Waals surface area (Å²) in [5, 5.41) is 3.47. The summed E-state index contributed by atoms with van der Waals surface area (Å²) in [6.45, 7) is 1.27. The summed E-state index contributed by atoms with van der Waals surface area (Å²) in [5.41, 5.74) is 2.57. The lowest BCUT2D eigenvalue weighted by Crippen LogP contribution is -2.28. The SMILES string of the molecule is I[C@@H]1N=C(COCCc2ccccc2)N[C@@H]1c1ccccc1. The molecule has 2 aromatic rings. The number of rotatable bonds is 6. The smallest absolute Gasteiger partial charge is 0.127 e. The van der Waals surface area contributed by atoms with Gasteiger partial charge in [-0.15, -0.1) is 0 Å². The first-order valence-electron chi connectivity index (χ1n) is 7.47. The first kappa shape index (κ1) is 15.5. The van der Waals surface area contributed by atoms with E-state index in [1.807, 2.05) is 12.1 Å². The molecule has 0 unspecified atom stereocenters. The number of nitrogens with zero attached hydrogens (tertiary/aromatic N) is 1. The molecule has 0 saturated heterocycles. The van der Waals surface area contributed by atoms with Crippen molar-refractivity contribution in [2.75, 3.05) is 13.2 Å². The highest BCUT2D eigenvalue weighted by Crippen LogP contribution is 2.27. The van der Waals surface area contributed by atoms with Crippen LogP contribution in [0.25, 0.3) is 0 Å². The number of halogens is 1. The van der Waals surface area contributed by atoms with Gasteiger partial charge < -0.3 is 10.1 Å². The highest BCUT2D eigenvalue weighted by atomic mass is 127. The summed E-state index contributed by atoms with van der Waals surface area (Å²) in [5.74, 6) is 0.946. The van der Waals surface area contributed by atoms with Gasteiger partial charge in [-0.1, -0.05) is 83.3 Å². The number of amidine groups is 1. The highest BCUT2D eigenvalue weighted by molar-refractivity contribution is 14.1. The second-order valence-electron chi connectivity index (χ2n) is 5.27. The Hall–Kier alpha value is -1.40. The molecule has 3 rings (SSSR count). The van der Waals surface area contributed by atoms with Crippen LogP contribution in [-0.2, 0) is 11.2 Å². The molecule has 1 aliphatic heterocycles. The lowest BCUT2D eigenvalue weighted by atomic mass is 10.1. The predicted octanol–water partition coefficient (Wildman–Crippen LogP) is 3.75. The predicted molar refractivity (Wildman–Crippen MR) is 98.5 cm³/mol. The van der Waals surface area contributed by atoms with E-state index in [2.05, 4.69) is 81.4 Å². The van der Waals surface area contributed by atoms with Crippen molar-refractivity contribution >= 4 is 28.4 Å². The van der Waals surface area contributed by atoms with Crippen molar-refractivity contribution in [2.24, 2.45) is 4.99 Å². The van der Waals surface area contributed by atoms with E-state index in [0.29, 0.717) is 13.2 Å². The fourth-order valence-corrected chi connectivity index (χ4v) is 3.43. The maximum atomic E-state index is 5.76. The number of hydrogen-bond donors (Lipinski definition) is 1. The van der Waals surface area contributed by atoms with E-state index in [1.165, 1.54) is 11.1 Å². The molecule has 0 fully saturated rings. The third-order valence-corrected chi connectivity index (χ3v) is 4.65. The van der Waals surface area contributed by atoms with E-state index in [9.17, 15) is 0 Å². The fraction of sp³-hybridized carbons (Fsp3) is 0.278. The molecule has 0 bridgehead atoms. The number of ether oxygens (including phenoxy) is 1. The van der Waals surface area contributed by atoms with Crippen molar-refractivity contribution in [3.05, 3.63) is 71.8 Å². The van der Waals surface area contributed by atoms with Crippen molar-refractivity contribution < 1.29 is 4.74 Å². The molecule has 2 aromatic carbocycles. The van der Waals surface area contributed by atoms with Crippen molar-refractivity contribution in [3.63, 3.8) is 0 Å². The average molecular weight is 406 g/mol. The van der Waals surface area contributed by atoms with Gasteiger partial charge in [0.2, 0.25) is 0 Å². The van der Waals surface area contributed by atoms with Crippen LogP contribution >= 0.6 is 22.6 Å². The van der Waals surface area contributed by atoms with Gasteiger partial charge in [0.05, 0.1) is 12.6 Å². The molecule has 1 aliphatic rings. The Morgan fingerprint density at radius 3 is 2.41 bits per heavy atom. The number of nitrogens with one attached hydrogen (secondary N) is 1. The quantitative estimate of drug-likeness (QED) is 0.343. The Kier molecular flexibility index (Phi) is 5.45. The van der Waals surface area contributed by atoms with E-state index in [1.54, 1.807) is 0 Å². The summed E-state index contributed by atoms with van der Waals surface area (Å²) in [6.07, 6.45) is 0.934. The van der Waals surface area contributed by atoms with Gasteiger partial charge in [-0.25, -0.2) is 0 Å². The second-order valence-corrected chi connectivity index (χ2v) is 6.55. The molecule has 0 aliphatic carbocycles. The topological polar surface area (TPSA) is 33.6 Å². The van der Waals surface area contributed by atoms with Gasteiger partial charge in [0.25, 0.3) is 0 Å². The van der Waals surface area contributed by atoms with E-state index >= 15 is 0 Å². The van der Waals surface area contributed by atoms with Crippen LogP contribution in [-0.4, -0.2) is 23.1 Å². The standard InChI is InChI=1S/C18H19IN2O/c19-18-17(15-9-5-2-6-10-15)20-16(21-18)13-22-12-11-14-7-3-1-4-8-14/h1-10,17-18H,11-13H2,(H,20,21)/t17-,18-/m1/s1. The first-order chi connectivity index (χ1) is 10.8. The highest BCUT2D eigenvalue weighted by Gasteiger charge is 2.27. The molecule has 114 valence electrons.